The summed E-state index contributed by atoms with van der Waals surface area (Å²) in [7, 11) is 0. The van der Waals surface area contributed by atoms with Gasteiger partial charge in [-0.3, -0.25) is 24.3 Å². The largest absolute Gasteiger partial charge is 0.341 e. The van der Waals surface area contributed by atoms with E-state index >= 15 is 0 Å². The van der Waals surface area contributed by atoms with Crippen LogP contribution < -0.4 is 5.56 Å². The summed E-state index contributed by atoms with van der Waals surface area (Å²) in [5.41, 5.74) is -1.41. The van der Waals surface area contributed by atoms with Crippen molar-refractivity contribution in [2.75, 3.05) is 13.1 Å². The number of nitrogens with zero attached hydrogens (tertiary/aromatic N) is 4. The highest BCUT2D eigenvalue weighted by atomic mass is 16.6. The van der Waals surface area contributed by atoms with Crippen molar-refractivity contribution in [1.82, 2.24) is 9.47 Å². The Bertz CT molecular complexity index is 704. The fourth-order valence-corrected chi connectivity index (χ4v) is 2.58. The van der Waals surface area contributed by atoms with Crippen LogP contribution in [0.4, 0.5) is 5.69 Å². The molecule has 1 aromatic heterocycles. The summed E-state index contributed by atoms with van der Waals surface area (Å²) >= 11 is 0. The molecule has 1 atom stereocenters. The zero-order valence-electron chi connectivity index (χ0n) is 12.2. The molecule has 116 valence electrons. The topological polar surface area (TPSA) is 109 Å². The maximum Gasteiger partial charge on any atom is 0.287 e. The summed E-state index contributed by atoms with van der Waals surface area (Å²) in [4.78, 5) is 36.1. The molecule has 0 N–H and O–H groups in total. The van der Waals surface area contributed by atoms with E-state index in [4.69, 9.17) is 5.26 Å². The molecule has 0 bridgehead atoms. The number of hydrogen-bond donors (Lipinski definition) is 0. The minimum absolute atomic E-state index is 0.266. The first-order chi connectivity index (χ1) is 10.4. The Morgan fingerprint density at radius 1 is 1.59 bits per heavy atom. The number of rotatable bonds is 3. The number of carbonyl (C=O) groups excluding carboxylic acids is 1. The van der Waals surface area contributed by atoms with Gasteiger partial charge in [0.25, 0.3) is 11.2 Å². The molecule has 2 rings (SSSR count). The van der Waals surface area contributed by atoms with E-state index < -0.39 is 10.5 Å². The molecular weight excluding hydrogens is 288 g/mol. The van der Waals surface area contributed by atoms with Gasteiger partial charge in [0.1, 0.15) is 18.2 Å². The van der Waals surface area contributed by atoms with Crippen molar-refractivity contribution in [3.8, 4) is 6.07 Å². The fourth-order valence-electron chi connectivity index (χ4n) is 2.58. The second kappa shape index (κ2) is 6.39. The molecule has 0 aliphatic carbocycles. The standard InChI is InChI=1S/C14H16N4O4/c1-10-3-2-4-16(7-10)13(19)9-17-8-12(18(21)22)5-11(6-15)14(17)20/h5,8,10H,2-4,7,9H2,1H3/t10-/m0/s1. The van der Waals surface area contributed by atoms with Crippen molar-refractivity contribution < 1.29 is 9.72 Å². The van der Waals surface area contributed by atoms with Crippen LogP contribution in [0.1, 0.15) is 25.3 Å². The zero-order chi connectivity index (χ0) is 16.3. The molecule has 1 amide bonds. The van der Waals surface area contributed by atoms with Crippen LogP contribution in [0, 0.1) is 27.4 Å². The smallest absolute Gasteiger partial charge is 0.287 e. The normalized spacial score (nSPS) is 17.8. The van der Waals surface area contributed by atoms with Gasteiger partial charge < -0.3 is 4.90 Å². The lowest BCUT2D eigenvalue weighted by Gasteiger charge is -2.31. The van der Waals surface area contributed by atoms with E-state index in [2.05, 4.69) is 0 Å². The molecule has 0 saturated carbocycles. The molecule has 1 aliphatic rings. The van der Waals surface area contributed by atoms with Gasteiger partial charge in [-0.25, -0.2) is 0 Å². The third-order valence-electron chi connectivity index (χ3n) is 3.72. The summed E-state index contributed by atoms with van der Waals surface area (Å²) in [6.07, 6.45) is 2.97. The average molecular weight is 304 g/mol. The molecule has 1 saturated heterocycles. The quantitative estimate of drug-likeness (QED) is 0.608. The van der Waals surface area contributed by atoms with Gasteiger partial charge in [-0.1, -0.05) is 6.92 Å². The van der Waals surface area contributed by atoms with Crippen LogP contribution in [-0.2, 0) is 11.3 Å². The first-order valence-electron chi connectivity index (χ1n) is 6.99. The number of likely N-dealkylation sites (tertiary alicyclic amines) is 1. The molecule has 0 spiro atoms. The third kappa shape index (κ3) is 3.31. The number of nitro groups is 1. The van der Waals surface area contributed by atoms with E-state index in [9.17, 15) is 19.7 Å². The lowest BCUT2D eigenvalue weighted by Crippen LogP contribution is -2.42. The van der Waals surface area contributed by atoms with Gasteiger partial charge in [0.05, 0.1) is 11.1 Å². The summed E-state index contributed by atoms with van der Waals surface area (Å²) in [6.45, 7) is 3.00. The predicted molar refractivity (Wildman–Crippen MR) is 77.0 cm³/mol. The van der Waals surface area contributed by atoms with Gasteiger partial charge in [-0.2, -0.15) is 5.26 Å². The molecule has 22 heavy (non-hydrogen) atoms. The van der Waals surface area contributed by atoms with Crippen molar-refractivity contribution in [3.05, 3.63) is 38.3 Å². The number of piperidine rings is 1. The van der Waals surface area contributed by atoms with Crippen molar-refractivity contribution in [3.63, 3.8) is 0 Å². The fraction of sp³-hybridized carbons (Fsp3) is 0.500. The van der Waals surface area contributed by atoms with E-state index in [1.54, 1.807) is 11.0 Å². The van der Waals surface area contributed by atoms with Crippen LogP contribution >= 0.6 is 0 Å². The highest BCUT2D eigenvalue weighted by Crippen LogP contribution is 2.16. The SMILES string of the molecule is C[C@H]1CCCN(C(=O)Cn2cc([N+](=O)[O-])cc(C#N)c2=O)C1. The van der Waals surface area contributed by atoms with Crippen molar-refractivity contribution in [2.45, 2.75) is 26.3 Å². The van der Waals surface area contributed by atoms with Crippen molar-refractivity contribution >= 4 is 11.6 Å². The number of aromatic nitrogens is 1. The molecule has 2 heterocycles. The highest BCUT2D eigenvalue weighted by molar-refractivity contribution is 5.76. The highest BCUT2D eigenvalue weighted by Gasteiger charge is 2.22. The Hall–Kier alpha value is -2.69. The molecule has 8 nitrogen and oxygen atoms in total. The lowest BCUT2D eigenvalue weighted by atomic mass is 10.0. The summed E-state index contributed by atoms with van der Waals surface area (Å²) in [6, 6.07) is 2.55. The van der Waals surface area contributed by atoms with E-state index in [-0.39, 0.29) is 23.7 Å². The van der Waals surface area contributed by atoms with Gasteiger partial charge in [-0.05, 0) is 18.8 Å². The van der Waals surface area contributed by atoms with E-state index in [0.29, 0.717) is 19.0 Å². The van der Waals surface area contributed by atoms with Crippen LogP contribution in [0.15, 0.2) is 17.1 Å². The first kappa shape index (κ1) is 15.7. The summed E-state index contributed by atoms with van der Waals surface area (Å²) in [5.74, 6) is 0.132. The number of pyridine rings is 1. The van der Waals surface area contributed by atoms with E-state index in [0.717, 1.165) is 29.7 Å². The molecular formula is C14H16N4O4. The minimum Gasteiger partial charge on any atom is -0.341 e. The van der Waals surface area contributed by atoms with Gasteiger partial charge in [0, 0.05) is 19.2 Å². The molecule has 1 aromatic rings. The van der Waals surface area contributed by atoms with Crippen LogP contribution in [-0.4, -0.2) is 33.4 Å². The summed E-state index contributed by atoms with van der Waals surface area (Å²) < 4.78 is 0.943. The Morgan fingerprint density at radius 2 is 2.32 bits per heavy atom. The molecule has 0 aromatic carbocycles. The second-order valence-electron chi connectivity index (χ2n) is 5.50. The Balaban J connectivity index is 2.27. The van der Waals surface area contributed by atoms with Gasteiger partial charge in [0.2, 0.25) is 5.91 Å². The Morgan fingerprint density at radius 3 is 2.91 bits per heavy atom. The van der Waals surface area contributed by atoms with Gasteiger partial charge >= 0.3 is 0 Å². The first-order valence-corrected chi connectivity index (χ1v) is 6.99. The van der Waals surface area contributed by atoms with Crippen LogP contribution in [0.5, 0.6) is 0 Å². The number of carbonyl (C=O) groups is 1. The van der Waals surface area contributed by atoms with Crippen LogP contribution in [0.25, 0.3) is 0 Å². The van der Waals surface area contributed by atoms with Crippen molar-refractivity contribution in [1.29, 1.82) is 5.26 Å². The summed E-state index contributed by atoms with van der Waals surface area (Å²) in [5, 5.41) is 19.7. The Kier molecular flexibility index (Phi) is 4.56. The van der Waals surface area contributed by atoms with Crippen LogP contribution in [0.2, 0.25) is 0 Å². The van der Waals surface area contributed by atoms with Crippen molar-refractivity contribution in [2.24, 2.45) is 5.92 Å². The second-order valence-corrected chi connectivity index (χ2v) is 5.50. The lowest BCUT2D eigenvalue weighted by molar-refractivity contribution is -0.385. The van der Waals surface area contributed by atoms with Gasteiger partial charge in [-0.15, -0.1) is 0 Å². The van der Waals surface area contributed by atoms with Gasteiger partial charge in [0.15, 0.2) is 0 Å². The monoisotopic (exact) mass is 304 g/mol. The molecule has 0 radical (unpaired) electrons. The number of nitriles is 1. The maximum absolute atomic E-state index is 12.3. The molecule has 0 unspecified atom stereocenters. The molecule has 1 fully saturated rings. The van der Waals surface area contributed by atoms with E-state index in [1.807, 2.05) is 6.92 Å². The number of hydrogen-bond acceptors (Lipinski definition) is 5. The predicted octanol–water partition coefficient (Wildman–Crippen LogP) is 0.887. The average Bonchev–Trinajstić information content (AvgIpc) is 2.49. The van der Waals surface area contributed by atoms with E-state index in [1.165, 1.54) is 0 Å². The Labute approximate surface area is 126 Å². The molecule has 1 aliphatic heterocycles. The zero-order valence-corrected chi connectivity index (χ0v) is 12.2. The molecule has 8 heteroatoms. The van der Waals surface area contributed by atoms with Crippen LogP contribution in [0.3, 0.4) is 0 Å². The number of amides is 1. The third-order valence-corrected chi connectivity index (χ3v) is 3.72. The maximum atomic E-state index is 12.3. The minimum atomic E-state index is -0.690.